The van der Waals surface area contributed by atoms with Crippen LogP contribution in [0.2, 0.25) is 0 Å². The van der Waals surface area contributed by atoms with Crippen molar-refractivity contribution in [2.75, 3.05) is 19.6 Å². The van der Waals surface area contributed by atoms with E-state index in [0.717, 1.165) is 32.2 Å². The Kier molecular flexibility index (Phi) is 4.37. The van der Waals surface area contributed by atoms with Gasteiger partial charge < -0.3 is 15.3 Å². The SMILES string of the molecule is CCCC1(C(=O)O)CCCN1C(=O)C1(C)CCCNC1. The van der Waals surface area contributed by atoms with E-state index in [9.17, 15) is 14.7 Å². The van der Waals surface area contributed by atoms with E-state index in [1.54, 1.807) is 4.90 Å². The second-order valence-electron chi connectivity index (χ2n) is 6.49. The molecule has 5 nitrogen and oxygen atoms in total. The number of carbonyl (C=O) groups excluding carboxylic acids is 1. The summed E-state index contributed by atoms with van der Waals surface area (Å²) in [5, 5.41) is 13.0. The molecular formula is C15H26N2O3. The van der Waals surface area contributed by atoms with Gasteiger partial charge in [0.2, 0.25) is 5.91 Å². The number of nitrogens with one attached hydrogen (secondary N) is 1. The van der Waals surface area contributed by atoms with E-state index in [-0.39, 0.29) is 5.91 Å². The molecule has 2 saturated heterocycles. The highest BCUT2D eigenvalue weighted by molar-refractivity contribution is 5.90. The van der Waals surface area contributed by atoms with Crippen LogP contribution in [0.15, 0.2) is 0 Å². The van der Waals surface area contributed by atoms with Crippen molar-refractivity contribution in [3.05, 3.63) is 0 Å². The number of aliphatic carboxylic acids is 1. The van der Waals surface area contributed by atoms with Crippen LogP contribution in [0.5, 0.6) is 0 Å². The van der Waals surface area contributed by atoms with E-state index in [4.69, 9.17) is 0 Å². The van der Waals surface area contributed by atoms with Gasteiger partial charge in [0.25, 0.3) is 0 Å². The number of rotatable bonds is 4. The first kappa shape index (κ1) is 15.3. The van der Waals surface area contributed by atoms with Crippen LogP contribution >= 0.6 is 0 Å². The average Bonchev–Trinajstić information content (AvgIpc) is 2.84. The summed E-state index contributed by atoms with van der Waals surface area (Å²) >= 11 is 0. The van der Waals surface area contributed by atoms with Crippen LogP contribution in [-0.2, 0) is 9.59 Å². The molecule has 1 amide bonds. The van der Waals surface area contributed by atoms with Gasteiger partial charge in [-0.25, -0.2) is 4.79 Å². The van der Waals surface area contributed by atoms with Crippen LogP contribution in [0.1, 0.15) is 52.4 Å². The minimum Gasteiger partial charge on any atom is -0.479 e. The minimum atomic E-state index is -0.966. The standard InChI is InChI=1S/C15H26N2O3/c1-3-6-15(13(19)20)8-5-10-17(15)12(18)14(2)7-4-9-16-11-14/h16H,3-11H2,1-2H3,(H,19,20). The van der Waals surface area contributed by atoms with Crippen molar-refractivity contribution < 1.29 is 14.7 Å². The third kappa shape index (κ3) is 2.43. The zero-order valence-corrected chi connectivity index (χ0v) is 12.6. The third-order valence-corrected chi connectivity index (χ3v) is 4.91. The summed E-state index contributed by atoms with van der Waals surface area (Å²) in [6.07, 6.45) is 4.54. The van der Waals surface area contributed by atoms with E-state index in [2.05, 4.69) is 5.32 Å². The van der Waals surface area contributed by atoms with Crippen LogP contribution in [-0.4, -0.2) is 47.1 Å². The van der Waals surface area contributed by atoms with E-state index < -0.39 is 16.9 Å². The Bertz CT molecular complexity index is 391. The summed E-state index contributed by atoms with van der Waals surface area (Å²) in [5.74, 6) is -0.810. The fraction of sp³-hybridized carbons (Fsp3) is 0.867. The van der Waals surface area contributed by atoms with E-state index >= 15 is 0 Å². The fourth-order valence-corrected chi connectivity index (χ4v) is 3.74. The number of hydrogen-bond acceptors (Lipinski definition) is 3. The molecule has 2 aliphatic heterocycles. The molecule has 0 bridgehead atoms. The summed E-state index contributed by atoms with van der Waals surface area (Å²) in [7, 11) is 0. The van der Waals surface area contributed by atoms with Crippen molar-refractivity contribution in [2.45, 2.75) is 57.9 Å². The summed E-state index contributed by atoms with van der Waals surface area (Å²) in [5.41, 5.74) is -1.41. The lowest BCUT2D eigenvalue weighted by Gasteiger charge is -2.42. The van der Waals surface area contributed by atoms with E-state index in [1.165, 1.54) is 0 Å². The van der Waals surface area contributed by atoms with Crippen LogP contribution in [0, 0.1) is 5.41 Å². The topological polar surface area (TPSA) is 69.6 Å². The van der Waals surface area contributed by atoms with Crippen LogP contribution in [0.3, 0.4) is 0 Å². The van der Waals surface area contributed by atoms with Crippen molar-refractivity contribution in [2.24, 2.45) is 5.41 Å². The molecule has 2 rings (SSSR count). The molecular weight excluding hydrogens is 256 g/mol. The number of carbonyl (C=O) groups is 2. The maximum Gasteiger partial charge on any atom is 0.329 e. The molecule has 2 heterocycles. The van der Waals surface area contributed by atoms with Crippen molar-refractivity contribution in [1.29, 1.82) is 0 Å². The number of amides is 1. The molecule has 114 valence electrons. The number of nitrogens with zero attached hydrogens (tertiary/aromatic N) is 1. The molecule has 2 N–H and O–H groups in total. The number of piperidine rings is 1. The molecule has 0 aromatic carbocycles. The molecule has 2 aliphatic rings. The minimum absolute atomic E-state index is 0.0260. The highest BCUT2D eigenvalue weighted by Crippen LogP contribution is 2.39. The molecule has 2 fully saturated rings. The van der Waals surface area contributed by atoms with Gasteiger partial charge in [0.1, 0.15) is 5.54 Å². The molecule has 0 radical (unpaired) electrons. The van der Waals surface area contributed by atoms with Gasteiger partial charge in [-0.15, -0.1) is 0 Å². The summed E-state index contributed by atoms with van der Waals surface area (Å²) < 4.78 is 0. The summed E-state index contributed by atoms with van der Waals surface area (Å²) in [4.78, 5) is 26.4. The monoisotopic (exact) mass is 282 g/mol. The highest BCUT2D eigenvalue weighted by Gasteiger charge is 2.52. The van der Waals surface area contributed by atoms with Gasteiger partial charge in [-0.1, -0.05) is 13.3 Å². The van der Waals surface area contributed by atoms with Gasteiger partial charge in [0.15, 0.2) is 0 Å². The van der Waals surface area contributed by atoms with Crippen molar-refractivity contribution in [3.8, 4) is 0 Å². The second kappa shape index (κ2) is 5.72. The van der Waals surface area contributed by atoms with Gasteiger partial charge in [-0.3, -0.25) is 4.79 Å². The zero-order chi connectivity index (χ0) is 14.8. The molecule has 0 aromatic rings. The number of carboxylic acid groups (broad SMARTS) is 1. The Morgan fingerprint density at radius 2 is 2.05 bits per heavy atom. The number of hydrogen-bond donors (Lipinski definition) is 2. The Balaban J connectivity index is 2.25. The first-order valence-electron chi connectivity index (χ1n) is 7.72. The molecule has 0 saturated carbocycles. The number of likely N-dealkylation sites (tertiary alicyclic amines) is 1. The lowest BCUT2D eigenvalue weighted by molar-refractivity contribution is -0.162. The normalized spacial score (nSPS) is 34.2. The molecule has 0 spiro atoms. The van der Waals surface area contributed by atoms with Crippen molar-refractivity contribution >= 4 is 11.9 Å². The summed E-state index contributed by atoms with van der Waals surface area (Å²) in [6.45, 7) is 6.14. The van der Waals surface area contributed by atoms with E-state index in [0.29, 0.717) is 25.9 Å². The Labute approximate surface area is 120 Å². The quantitative estimate of drug-likeness (QED) is 0.822. The Hall–Kier alpha value is -1.10. The smallest absolute Gasteiger partial charge is 0.329 e. The van der Waals surface area contributed by atoms with Crippen LogP contribution in [0.4, 0.5) is 0 Å². The fourth-order valence-electron chi connectivity index (χ4n) is 3.74. The molecule has 20 heavy (non-hydrogen) atoms. The molecule has 0 aliphatic carbocycles. The lowest BCUT2D eigenvalue weighted by Crippen LogP contribution is -2.59. The molecule has 2 atom stereocenters. The van der Waals surface area contributed by atoms with Crippen molar-refractivity contribution in [1.82, 2.24) is 10.2 Å². The maximum absolute atomic E-state index is 12.9. The van der Waals surface area contributed by atoms with Gasteiger partial charge in [0.05, 0.1) is 5.41 Å². The highest BCUT2D eigenvalue weighted by atomic mass is 16.4. The van der Waals surface area contributed by atoms with Crippen LogP contribution in [0.25, 0.3) is 0 Å². The Morgan fingerprint density at radius 1 is 1.30 bits per heavy atom. The third-order valence-electron chi connectivity index (χ3n) is 4.91. The zero-order valence-electron chi connectivity index (χ0n) is 12.6. The van der Waals surface area contributed by atoms with Gasteiger partial charge in [-0.2, -0.15) is 0 Å². The second-order valence-corrected chi connectivity index (χ2v) is 6.49. The lowest BCUT2D eigenvalue weighted by atomic mass is 9.79. The molecule has 5 heteroatoms. The first-order chi connectivity index (χ1) is 9.46. The maximum atomic E-state index is 12.9. The first-order valence-corrected chi connectivity index (χ1v) is 7.72. The predicted molar refractivity (Wildman–Crippen MR) is 76.4 cm³/mol. The number of carboxylic acids is 1. The van der Waals surface area contributed by atoms with E-state index in [1.807, 2.05) is 13.8 Å². The van der Waals surface area contributed by atoms with Gasteiger partial charge in [0, 0.05) is 13.1 Å². The van der Waals surface area contributed by atoms with Gasteiger partial charge in [-0.05, 0) is 45.6 Å². The van der Waals surface area contributed by atoms with Gasteiger partial charge >= 0.3 is 5.97 Å². The summed E-state index contributed by atoms with van der Waals surface area (Å²) in [6, 6.07) is 0. The van der Waals surface area contributed by atoms with Crippen LogP contribution < -0.4 is 5.32 Å². The van der Waals surface area contributed by atoms with Crippen molar-refractivity contribution in [3.63, 3.8) is 0 Å². The largest absolute Gasteiger partial charge is 0.479 e. The average molecular weight is 282 g/mol. The Morgan fingerprint density at radius 3 is 2.60 bits per heavy atom. The molecule has 0 aromatic heterocycles. The molecule has 2 unspecified atom stereocenters. The predicted octanol–water partition coefficient (Wildman–Crippen LogP) is 1.62.